The molecule has 0 saturated heterocycles. The van der Waals surface area contributed by atoms with Crippen LogP contribution >= 0.6 is 0 Å². The number of carbonyl (C=O) groups excluding carboxylic acids is 1. The lowest BCUT2D eigenvalue weighted by Gasteiger charge is -2.10. The van der Waals surface area contributed by atoms with Crippen LogP contribution in [-0.2, 0) is 17.7 Å². The van der Waals surface area contributed by atoms with E-state index in [1.54, 1.807) is 17.8 Å². The van der Waals surface area contributed by atoms with E-state index in [4.69, 9.17) is 15.2 Å². The number of esters is 1. The zero-order valence-electron chi connectivity index (χ0n) is 11.8. The van der Waals surface area contributed by atoms with E-state index in [1.807, 2.05) is 18.2 Å². The molecule has 3 rings (SSSR count). The number of hydrogen-bond acceptors (Lipinski definition) is 5. The minimum Gasteiger partial charge on any atom is -0.488 e. The van der Waals surface area contributed by atoms with Crippen molar-refractivity contribution in [1.29, 1.82) is 0 Å². The first-order valence-corrected chi connectivity index (χ1v) is 6.92. The number of hydrogen-bond donors (Lipinski definition) is 1. The Hall–Kier alpha value is -2.50. The Morgan fingerprint density at radius 3 is 3.10 bits per heavy atom. The number of nitrogen functional groups attached to an aromatic ring is 1. The van der Waals surface area contributed by atoms with Gasteiger partial charge in [0.25, 0.3) is 0 Å². The average Bonchev–Trinajstić information content (AvgIpc) is 3.02. The summed E-state index contributed by atoms with van der Waals surface area (Å²) in [7, 11) is 0. The highest BCUT2D eigenvalue weighted by molar-refractivity contribution is 5.92. The van der Waals surface area contributed by atoms with Gasteiger partial charge in [-0.3, -0.25) is 4.68 Å². The van der Waals surface area contributed by atoms with Crippen LogP contribution in [0.4, 0.5) is 5.69 Å². The van der Waals surface area contributed by atoms with Crippen LogP contribution in [-0.4, -0.2) is 28.5 Å². The van der Waals surface area contributed by atoms with E-state index in [0.29, 0.717) is 18.8 Å². The van der Waals surface area contributed by atoms with Gasteiger partial charge in [-0.2, -0.15) is 5.10 Å². The molecule has 2 heterocycles. The molecule has 110 valence electrons. The predicted molar refractivity (Wildman–Crippen MR) is 77.2 cm³/mol. The molecule has 2 aromatic rings. The first-order valence-electron chi connectivity index (χ1n) is 6.92. The SMILES string of the molecule is CCOC(=O)c1nn(CC2Cc3ccccc3O2)cc1N. The zero-order chi connectivity index (χ0) is 14.8. The summed E-state index contributed by atoms with van der Waals surface area (Å²) in [6, 6.07) is 7.95. The van der Waals surface area contributed by atoms with Gasteiger partial charge in [-0.1, -0.05) is 18.2 Å². The minimum absolute atomic E-state index is 0.00301. The number of ether oxygens (including phenoxy) is 2. The first-order chi connectivity index (χ1) is 10.2. The van der Waals surface area contributed by atoms with Gasteiger partial charge >= 0.3 is 5.97 Å². The molecule has 0 saturated carbocycles. The van der Waals surface area contributed by atoms with Crippen molar-refractivity contribution in [2.75, 3.05) is 12.3 Å². The maximum Gasteiger partial charge on any atom is 0.361 e. The molecular weight excluding hydrogens is 270 g/mol. The van der Waals surface area contributed by atoms with E-state index in [1.165, 1.54) is 5.56 Å². The molecule has 1 aromatic heterocycles. The van der Waals surface area contributed by atoms with Gasteiger partial charge in [-0.15, -0.1) is 0 Å². The van der Waals surface area contributed by atoms with Crippen molar-refractivity contribution < 1.29 is 14.3 Å². The Morgan fingerprint density at radius 2 is 2.33 bits per heavy atom. The lowest BCUT2D eigenvalue weighted by molar-refractivity contribution is 0.0519. The summed E-state index contributed by atoms with van der Waals surface area (Å²) < 4.78 is 12.4. The zero-order valence-corrected chi connectivity index (χ0v) is 11.8. The normalized spacial score (nSPS) is 16.3. The number of benzene rings is 1. The fourth-order valence-electron chi connectivity index (χ4n) is 2.45. The van der Waals surface area contributed by atoms with Gasteiger partial charge in [0.05, 0.1) is 18.8 Å². The Bertz CT molecular complexity index is 641. The van der Waals surface area contributed by atoms with Crippen molar-refractivity contribution in [3.05, 3.63) is 41.7 Å². The number of anilines is 1. The second kappa shape index (κ2) is 5.47. The van der Waals surface area contributed by atoms with E-state index in [0.717, 1.165) is 12.2 Å². The van der Waals surface area contributed by atoms with Crippen LogP contribution in [0.3, 0.4) is 0 Å². The molecule has 6 heteroatoms. The number of para-hydroxylation sites is 1. The highest BCUT2D eigenvalue weighted by Gasteiger charge is 2.24. The van der Waals surface area contributed by atoms with Crippen LogP contribution in [0.25, 0.3) is 0 Å². The summed E-state index contributed by atoms with van der Waals surface area (Å²) in [5, 5.41) is 4.19. The molecule has 1 unspecified atom stereocenters. The van der Waals surface area contributed by atoms with Crippen molar-refractivity contribution in [2.24, 2.45) is 0 Å². The highest BCUT2D eigenvalue weighted by Crippen LogP contribution is 2.28. The standard InChI is InChI=1S/C15H17N3O3/c1-2-20-15(19)14-12(16)9-18(17-14)8-11-7-10-5-3-4-6-13(10)21-11/h3-6,9,11H,2,7-8,16H2,1H3. The van der Waals surface area contributed by atoms with Gasteiger partial charge in [0, 0.05) is 12.6 Å². The molecule has 0 spiro atoms. The molecule has 0 aliphatic carbocycles. The van der Waals surface area contributed by atoms with Crippen LogP contribution in [0.15, 0.2) is 30.5 Å². The van der Waals surface area contributed by atoms with Crippen molar-refractivity contribution >= 4 is 11.7 Å². The van der Waals surface area contributed by atoms with E-state index in [-0.39, 0.29) is 11.8 Å². The summed E-state index contributed by atoms with van der Waals surface area (Å²) in [5.74, 6) is 0.414. The van der Waals surface area contributed by atoms with Crippen molar-refractivity contribution in [2.45, 2.75) is 26.0 Å². The lowest BCUT2D eigenvalue weighted by atomic mass is 10.1. The van der Waals surface area contributed by atoms with Gasteiger partial charge < -0.3 is 15.2 Å². The Balaban J connectivity index is 1.70. The smallest absolute Gasteiger partial charge is 0.361 e. The van der Waals surface area contributed by atoms with E-state index in [9.17, 15) is 4.79 Å². The number of carbonyl (C=O) groups is 1. The molecule has 1 aromatic carbocycles. The number of fused-ring (bicyclic) bond motifs is 1. The first kappa shape index (κ1) is 13.5. The molecule has 1 aliphatic heterocycles. The molecule has 0 bridgehead atoms. The molecule has 0 amide bonds. The van der Waals surface area contributed by atoms with Crippen LogP contribution in [0.5, 0.6) is 5.75 Å². The van der Waals surface area contributed by atoms with E-state index >= 15 is 0 Å². The summed E-state index contributed by atoms with van der Waals surface area (Å²) in [6.07, 6.45) is 2.46. The van der Waals surface area contributed by atoms with E-state index < -0.39 is 5.97 Å². The molecule has 0 fully saturated rings. The van der Waals surface area contributed by atoms with Crippen molar-refractivity contribution in [3.8, 4) is 5.75 Å². The average molecular weight is 287 g/mol. The third-order valence-corrected chi connectivity index (χ3v) is 3.36. The Kier molecular flexibility index (Phi) is 3.51. The van der Waals surface area contributed by atoms with Crippen LogP contribution in [0.2, 0.25) is 0 Å². The summed E-state index contributed by atoms with van der Waals surface area (Å²) in [6.45, 7) is 2.58. The van der Waals surface area contributed by atoms with Gasteiger partial charge in [0.2, 0.25) is 0 Å². The third kappa shape index (κ3) is 2.69. The van der Waals surface area contributed by atoms with E-state index in [2.05, 4.69) is 11.2 Å². The van der Waals surface area contributed by atoms with Crippen LogP contribution in [0, 0.1) is 0 Å². The van der Waals surface area contributed by atoms with Gasteiger partial charge in [0.1, 0.15) is 11.9 Å². The summed E-state index contributed by atoms with van der Waals surface area (Å²) in [4.78, 5) is 11.7. The second-order valence-electron chi connectivity index (χ2n) is 4.93. The maximum absolute atomic E-state index is 11.7. The fourth-order valence-corrected chi connectivity index (χ4v) is 2.45. The van der Waals surface area contributed by atoms with Gasteiger partial charge in [-0.25, -0.2) is 4.79 Å². The van der Waals surface area contributed by atoms with Gasteiger partial charge in [-0.05, 0) is 18.6 Å². The quantitative estimate of drug-likeness (QED) is 0.865. The molecule has 2 N–H and O–H groups in total. The minimum atomic E-state index is -0.496. The number of nitrogens with two attached hydrogens (primary N) is 1. The third-order valence-electron chi connectivity index (χ3n) is 3.36. The fraction of sp³-hybridized carbons (Fsp3) is 0.333. The molecule has 21 heavy (non-hydrogen) atoms. The molecule has 0 radical (unpaired) electrons. The maximum atomic E-state index is 11.7. The number of aromatic nitrogens is 2. The Labute approximate surface area is 122 Å². The predicted octanol–water partition coefficient (Wildman–Crippen LogP) is 1.65. The summed E-state index contributed by atoms with van der Waals surface area (Å²) >= 11 is 0. The molecular formula is C15H17N3O3. The summed E-state index contributed by atoms with van der Waals surface area (Å²) in [5.41, 5.74) is 7.48. The van der Waals surface area contributed by atoms with Crippen molar-refractivity contribution in [3.63, 3.8) is 0 Å². The Morgan fingerprint density at radius 1 is 1.52 bits per heavy atom. The van der Waals surface area contributed by atoms with Crippen LogP contribution < -0.4 is 10.5 Å². The van der Waals surface area contributed by atoms with Crippen molar-refractivity contribution in [1.82, 2.24) is 9.78 Å². The van der Waals surface area contributed by atoms with Crippen LogP contribution in [0.1, 0.15) is 23.0 Å². The molecule has 6 nitrogen and oxygen atoms in total. The lowest BCUT2D eigenvalue weighted by Crippen LogP contribution is -2.21. The number of rotatable bonds is 4. The monoisotopic (exact) mass is 287 g/mol. The topological polar surface area (TPSA) is 79.4 Å². The molecule has 1 aliphatic rings. The highest BCUT2D eigenvalue weighted by atomic mass is 16.5. The largest absolute Gasteiger partial charge is 0.488 e. The number of nitrogens with zero attached hydrogens (tertiary/aromatic N) is 2. The second-order valence-corrected chi connectivity index (χ2v) is 4.93. The molecule has 1 atom stereocenters. The van der Waals surface area contributed by atoms with Gasteiger partial charge in [0.15, 0.2) is 5.69 Å².